The SMILES string of the molecule is CCn1ncc2ccc(NC(=O)C3CCNCC3)cc21.Cl. The molecule has 21 heavy (non-hydrogen) atoms. The van der Waals surface area contributed by atoms with Crippen molar-refractivity contribution in [1.29, 1.82) is 0 Å². The Labute approximate surface area is 130 Å². The Morgan fingerprint density at radius 3 is 2.90 bits per heavy atom. The van der Waals surface area contributed by atoms with E-state index in [1.807, 2.05) is 29.1 Å². The number of piperidine rings is 1. The van der Waals surface area contributed by atoms with Gasteiger partial charge in [-0.2, -0.15) is 5.10 Å². The Bertz CT molecular complexity index is 619. The zero-order valence-electron chi connectivity index (χ0n) is 12.1. The Morgan fingerprint density at radius 2 is 2.19 bits per heavy atom. The van der Waals surface area contributed by atoms with Gasteiger partial charge in [0.2, 0.25) is 5.91 Å². The summed E-state index contributed by atoms with van der Waals surface area (Å²) in [4.78, 5) is 12.2. The molecule has 0 aliphatic carbocycles. The fourth-order valence-corrected chi connectivity index (χ4v) is 2.73. The third kappa shape index (κ3) is 3.36. The third-order valence-electron chi connectivity index (χ3n) is 3.92. The number of amides is 1. The van der Waals surface area contributed by atoms with Crippen LogP contribution in [0, 0.1) is 5.92 Å². The molecular weight excluding hydrogens is 288 g/mol. The predicted molar refractivity (Wildman–Crippen MR) is 86.9 cm³/mol. The minimum absolute atomic E-state index is 0. The normalized spacial score (nSPS) is 15.7. The molecule has 0 spiro atoms. The monoisotopic (exact) mass is 308 g/mol. The first-order chi connectivity index (χ1) is 9.78. The molecule has 1 aliphatic rings. The van der Waals surface area contributed by atoms with E-state index in [0.29, 0.717) is 0 Å². The van der Waals surface area contributed by atoms with Crippen LogP contribution in [0.5, 0.6) is 0 Å². The van der Waals surface area contributed by atoms with Crippen LogP contribution in [0.4, 0.5) is 5.69 Å². The number of nitrogens with one attached hydrogen (secondary N) is 2. The van der Waals surface area contributed by atoms with E-state index in [4.69, 9.17) is 0 Å². The van der Waals surface area contributed by atoms with Crippen LogP contribution in [0.2, 0.25) is 0 Å². The number of aromatic nitrogens is 2. The van der Waals surface area contributed by atoms with E-state index in [9.17, 15) is 4.79 Å². The third-order valence-corrected chi connectivity index (χ3v) is 3.92. The van der Waals surface area contributed by atoms with Crippen LogP contribution in [0.15, 0.2) is 24.4 Å². The average molecular weight is 309 g/mol. The summed E-state index contributed by atoms with van der Waals surface area (Å²) < 4.78 is 1.94. The Balaban J connectivity index is 0.00000161. The summed E-state index contributed by atoms with van der Waals surface area (Å²) >= 11 is 0. The van der Waals surface area contributed by atoms with Crippen molar-refractivity contribution in [2.24, 2.45) is 5.92 Å². The van der Waals surface area contributed by atoms with E-state index in [1.54, 1.807) is 0 Å². The van der Waals surface area contributed by atoms with Crippen LogP contribution in [0.25, 0.3) is 10.9 Å². The second kappa shape index (κ2) is 6.91. The molecule has 1 aromatic heterocycles. The molecule has 0 atom stereocenters. The molecule has 114 valence electrons. The molecule has 6 heteroatoms. The van der Waals surface area contributed by atoms with Crippen LogP contribution in [-0.4, -0.2) is 28.8 Å². The summed E-state index contributed by atoms with van der Waals surface area (Å²) in [6, 6.07) is 5.96. The summed E-state index contributed by atoms with van der Waals surface area (Å²) in [5.41, 5.74) is 1.92. The highest BCUT2D eigenvalue weighted by Gasteiger charge is 2.20. The Morgan fingerprint density at radius 1 is 1.43 bits per heavy atom. The molecule has 1 fully saturated rings. The van der Waals surface area contributed by atoms with Crippen LogP contribution in [-0.2, 0) is 11.3 Å². The van der Waals surface area contributed by atoms with Gasteiger partial charge in [0.25, 0.3) is 0 Å². The summed E-state index contributed by atoms with van der Waals surface area (Å²) in [7, 11) is 0. The topological polar surface area (TPSA) is 59.0 Å². The van der Waals surface area contributed by atoms with Crippen molar-refractivity contribution in [3.63, 3.8) is 0 Å². The molecule has 5 nitrogen and oxygen atoms in total. The summed E-state index contributed by atoms with van der Waals surface area (Å²) in [5.74, 6) is 0.261. The average Bonchev–Trinajstić information content (AvgIpc) is 2.90. The largest absolute Gasteiger partial charge is 0.326 e. The van der Waals surface area contributed by atoms with Gasteiger partial charge in [0, 0.05) is 23.5 Å². The van der Waals surface area contributed by atoms with Crippen molar-refractivity contribution in [1.82, 2.24) is 15.1 Å². The molecular formula is C15H21ClN4O. The fourth-order valence-electron chi connectivity index (χ4n) is 2.73. The number of benzene rings is 1. The molecule has 2 N–H and O–H groups in total. The van der Waals surface area contributed by atoms with Crippen molar-refractivity contribution in [3.8, 4) is 0 Å². The molecule has 1 amide bonds. The molecule has 3 rings (SSSR count). The molecule has 0 unspecified atom stereocenters. The quantitative estimate of drug-likeness (QED) is 0.915. The standard InChI is InChI=1S/C15H20N4O.ClH/c1-2-19-14-9-13(4-3-12(14)10-17-19)18-15(20)11-5-7-16-8-6-11;/h3-4,9-11,16H,2,5-8H2,1H3,(H,18,20);1H. The number of rotatable bonds is 3. The number of fused-ring (bicyclic) bond motifs is 1. The number of nitrogens with zero attached hydrogens (tertiary/aromatic N) is 2. The lowest BCUT2D eigenvalue weighted by molar-refractivity contribution is -0.120. The van der Waals surface area contributed by atoms with Gasteiger partial charge in [-0.05, 0) is 51.1 Å². The number of carbonyl (C=O) groups is 1. The molecule has 2 aromatic rings. The van der Waals surface area contributed by atoms with E-state index < -0.39 is 0 Å². The van der Waals surface area contributed by atoms with E-state index in [1.165, 1.54) is 0 Å². The smallest absolute Gasteiger partial charge is 0.227 e. The number of carbonyl (C=O) groups excluding carboxylic acids is 1. The molecule has 1 aromatic carbocycles. The summed E-state index contributed by atoms with van der Waals surface area (Å²) in [6.45, 7) is 4.75. The predicted octanol–water partition coefficient (Wildman–Crippen LogP) is 2.42. The van der Waals surface area contributed by atoms with Gasteiger partial charge < -0.3 is 10.6 Å². The van der Waals surface area contributed by atoms with Crippen LogP contribution in [0.3, 0.4) is 0 Å². The van der Waals surface area contributed by atoms with E-state index in [0.717, 1.165) is 49.1 Å². The molecule has 2 heterocycles. The van der Waals surface area contributed by atoms with Gasteiger partial charge in [-0.1, -0.05) is 0 Å². The first-order valence-electron chi connectivity index (χ1n) is 7.25. The van der Waals surface area contributed by atoms with Crippen molar-refractivity contribution in [2.75, 3.05) is 18.4 Å². The minimum atomic E-state index is 0. The lowest BCUT2D eigenvalue weighted by Crippen LogP contribution is -2.34. The minimum Gasteiger partial charge on any atom is -0.326 e. The van der Waals surface area contributed by atoms with Crippen molar-refractivity contribution >= 4 is 34.9 Å². The van der Waals surface area contributed by atoms with E-state index >= 15 is 0 Å². The lowest BCUT2D eigenvalue weighted by Gasteiger charge is -2.21. The molecule has 0 radical (unpaired) electrons. The number of anilines is 1. The Kier molecular flexibility index (Phi) is 5.20. The highest BCUT2D eigenvalue weighted by molar-refractivity contribution is 5.95. The zero-order valence-corrected chi connectivity index (χ0v) is 12.9. The number of hydrogen-bond acceptors (Lipinski definition) is 3. The second-order valence-corrected chi connectivity index (χ2v) is 5.25. The number of aryl methyl sites for hydroxylation is 1. The maximum absolute atomic E-state index is 12.2. The van der Waals surface area contributed by atoms with Gasteiger partial charge in [-0.25, -0.2) is 0 Å². The second-order valence-electron chi connectivity index (χ2n) is 5.25. The van der Waals surface area contributed by atoms with E-state index in [2.05, 4.69) is 22.7 Å². The number of hydrogen-bond donors (Lipinski definition) is 2. The van der Waals surface area contributed by atoms with Crippen molar-refractivity contribution < 1.29 is 4.79 Å². The first-order valence-corrected chi connectivity index (χ1v) is 7.25. The highest BCUT2D eigenvalue weighted by Crippen LogP contribution is 2.21. The van der Waals surface area contributed by atoms with Crippen molar-refractivity contribution in [2.45, 2.75) is 26.3 Å². The summed E-state index contributed by atoms with van der Waals surface area (Å²) in [5, 5.41) is 11.7. The van der Waals surface area contributed by atoms with Gasteiger partial charge in [0.05, 0.1) is 11.7 Å². The zero-order chi connectivity index (χ0) is 13.9. The molecule has 1 saturated heterocycles. The van der Waals surface area contributed by atoms with E-state index in [-0.39, 0.29) is 24.2 Å². The number of halogens is 1. The van der Waals surface area contributed by atoms with Crippen molar-refractivity contribution in [3.05, 3.63) is 24.4 Å². The van der Waals surface area contributed by atoms with Crippen LogP contribution >= 0.6 is 12.4 Å². The highest BCUT2D eigenvalue weighted by atomic mass is 35.5. The van der Waals surface area contributed by atoms with Gasteiger partial charge in [-0.15, -0.1) is 12.4 Å². The van der Waals surface area contributed by atoms with Crippen LogP contribution < -0.4 is 10.6 Å². The summed E-state index contributed by atoms with van der Waals surface area (Å²) in [6.07, 6.45) is 3.69. The fraction of sp³-hybridized carbons (Fsp3) is 0.467. The van der Waals surface area contributed by atoms with Crippen LogP contribution in [0.1, 0.15) is 19.8 Å². The maximum atomic E-state index is 12.2. The maximum Gasteiger partial charge on any atom is 0.227 e. The molecule has 1 aliphatic heterocycles. The van der Waals surface area contributed by atoms with Gasteiger partial charge in [-0.3, -0.25) is 9.48 Å². The Hall–Kier alpha value is -1.59. The molecule has 0 saturated carbocycles. The first kappa shape index (κ1) is 15.8. The van der Waals surface area contributed by atoms with Gasteiger partial charge in [0.15, 0.2) is 0 Å². The van der Waals surface area contributed by atoms with Gasteiger partial charge >= 0.3 is 0 Å². The van der Waals surface area contributed by atoms with Gasteiger partial charge in [0.1, 0.15) is 0 Å². The lowest BCUT2D eigenvalue weighted by atomic mass is 9.97. The molecule has 0 bridgehead atoms.